The molecule has 0 bridgehead atoms. The number of fused-ring (bicyclic) bond motifs is 8. The van der Waals surface area contributed by atoms with E-state index in [9.17, 15) is 0 Å². The highest BCUT2D eigenvalue weighted by molar-refractivity contribution is 6.22. The molecule has 11 rings (SSSR count). The Morgan fingerprint density at radius 1 is 0.389 bits per heavy atom. The van der Waals surface area contributed by atoms with E-state index in [2.05, 4.69) is 156 Å². The van der Waals surface area contributed by atoms with Crippen LogP contribution in [0.2, 0.25) is 0 Å². The second-order valence-corrected chi connectivity index (χ2v) is 13.7. The number of furan rings is 1. The third-order valence-electron chi connectivity index (χ3n) is 10.6. The molecular weight excluding hydrogens is 659 g/mol. The predicted molar refractivity (Wildman–Crippen MR) is 223 cm³/mol. The normalized spacial score (nSPS) is 11.7. The highest BCUT2D eigenvalue weighted by Gasteiger charge is 2.20. The Kier molecular flexibility index (Phi) is 6.82. The Bertz CT molecular complexity index is 3080. The molecule has 252 valence electrons. The minimum absolute atomic E-state index is 0.706. The molecule has 11 aromatic rings. The smallest absolute Gasteiger partial charge is 0.160 e. The van der Waals surface area contributed by atoms with Crippen molar-refractivity contribution in [3.63, 3.8) is 0 Å². The van der Waals surface area contributed by atoms with Gasteiger partial charge in [-0.2, -0.15) is 0 Å². The van der Waals surface area contributed by atoms with Crippen LogP contribution < -0.4 is 0 Å². The van der Waals surface area contributed by atoms with Gasteiger partial charge in [0.1, 0.15) is 11.2 Å². The van der Waals surface area contributed by atoms with E-state index >= 15 is 0 Å². The van der Waals surface area contributed by atoms with Crippen LogP contribution in [0.4, 0.5) is 0 Å². The van der Waals surface area contributed by atoms with Gasteiger partial charge in [0, 0.05) is 49.0 Å². The number of hydrogen-bond acceptors (Lipinski definition) is 3. The molecular formula is C50H31N3O. The van der Waals surface area contributed by atoms with E-state index in [-0.39, 0.29) is 0 Å². The Hall–Kier alpha value is -7.30. The summed E-state index contributed by atoms with van der Waals surface area (Å²) in [5.41, 5.74) is 12.3. The molecule has 0 aliphatic heterocycles. The van der Waals surface area contributed by atoms with Gasteiger partial charge >= 0.3 is 0 Å². The van der Waals surface area contributed by atoms with Gasteiger partial charge in [0.15, 0.2) is 5.82 Å². The lowest BCUT2D eigenvalue weighted by Crippen LogP contribution is -1.96. The van der Waals surface area contributed by atoms with Crippen LogP contribution in [0.1, 0.15) is 0 Å². The zero-order valence-corrected chi connectivity index (χ0v) is 29.1. The maximum absolute atomic E-state index is 6.75. The lowest BCUT2D eigenvalue weighted by molar-refractivity contribution is 0.672. The molecule has 3 aromatic heterocycles. The van der Waals surface area contributed by atoms with E-state index in [0.717, 1.165) is 77.6 Å². The van der Waals surface area contributed by atoms with Crippen LogP contribution >= 0.6 is 0 Å². The first-order valence-corrected chi connectivity index (χ1v) is 18.2. The maximum Gasteiger partial charge on any atom is 0.160 e. The van der Waals surface area contributed by atoms with Crippen molar-refractivity contribution in [2.75, 3.05) is 0 Å². The average molecular weight is 690 g/mol. The molecule has 0 radical (unpaired) electrons. The van der Waals surface area contributed by atoms with Gasteiger partial charge in [-0.25, -0.2) is 9.97 Å². The lowest BCUT2D eigenvalue weighted by atomic mass is 9.96. The van der Waals surface area contributed by atoms with Crippen LogP contribution in [-0.4, -0.2) is 14.5 Å². The fourth-order valence-corrected chi connectivity index (χ4v) is 8.13. The fourth-order valence-electron chi connectivity index (χ4n) is 8.13. The zero-order chi connectivity index (χ0) is 35.6. The SMILES string of the molecule is c1ccc(-c2cc(-c3ccc(-c4cccc5oc6c7ccccc7c(-n7c8ccccc8c8ccccc87)cc6c45)cc3)nc(-c3ccccc3)n2)cc1. The first-order valence-electron chi connectivity index (χ1n) is 18.2. The molecule has 0 unspecified atom stereocenters. The number of benzene rings is 8. The first kappa shape index (κ1) is 30.3. The van der Waals surface area contributed by atoms with E-state index in [1.54, 1.807) is 0 Å². The zero-order valence-electron chi connectivity index (χ0n) is 29.1. The quantitative estimate of drug-likeness (QED) is 0.181. The molecule has 8 aromatic carbocycles. The number of nitrogens with zero attached hydrogens (tertiary/aromatic N) is 3. The van der Waals surface area contributed by atoms with Crippen molar-refractivity contribution in [3.05, 3.63) is 188 Å². The number of aromatic nitrogens is 3. The summed E-state index contributed by atoms with van der Waals surface area (Å²) >= 11 is 0. The Morgan fingerprint density at radius 3 is 1.59 bits per heavy atom. The molecule has 0 fully saturated rings. The number of rotatable bonds is 5. The molecule has 0 N–H and O–H groups in total. The van der Waals surface area contributed by atoms with Crippen LogP contribution in [-0.2, 0) is 0 Å². The minimum atomic E-state index is 0.706. The Balaban J connectivity index is 1.10. The van der Waals surface area contributed by atoms with Crippen molar-refractivity contribution in [2.24, 2.45) is 0 Å². The third kappa shape index (κ3) is 4.78. The molecule has 0 aliphatic carbocycles. The Labute approximate surface area is 311 Å². The summed E-state index contributed by atoms with van der Waals surface area (Å²) in [5.74, 6) is 0.706. The molecule has 4 nitrogen and oxygen atoms in total. The van der Waals surface area contributed by atoms with Gasteiger partial charge in [0.2, 0.25) is 0 Å². The van der Waals surface area contributed by atoms with Gasteiger partial charge in [0.25, 0.3) is 0 Å². The molecule has 0 spiro atoms. The molecule has 4 heteroatoms. The number of para-hydroxylation sites is 2. The van der Waals surface area contributed by atoms with Crippen molar-refractivity contribution in [1.82, 2.24) is 14.5 Å². The molecule has 0 amide bonds. The van der Waals surface area contributed by atoms with Crippen molar-refractivity contribution in [1.29, 1.82) is 0 Å². The van der Waals surface area contributed by atoms with E-state index < -0.39 is 0 Å². The minimum Gasteiger partial charge on any atom is -0.455 e. The highest BCUT2D eigenvalue weighted by atomic mass is 16.3. The van der Waals surface area contributed by atoms with Gasteiger partial charge in [0.05, 0.1) is 28.1 Å². The van der Waals surface area contributed by atoms with Crippen LogP contribution in [0.25, 0.3) is 105 Å². The summed E-state index contributed by atoms with van der Waals surface area (Å²) in [6, 6.07) is 66.0. The van der Waals surface area contributed by atoms with E-state index in [1.165, 1.54) is 21.8 Å². The summed E-state index contributed by atoms with van der Waals surface area (Å²) in [6.07, 6.45) is 0. The molecule has 3 heterocycles. The fraction of sp³-hybridized carbons (Fsp3) is 0. The molecule has 0 aliphatic rings. The topological polar surface area (TPSA) is 43.9 Å². The second-order valence-electron chi connectivity index (χ2n) is 13.7. The Morgan fingerprint density at radius 2 is 0.926 bits per heavy atom. The van der Waals surface area contributed by atoms with Crippen molar-refractivity contribution in [2.45, 2.75) is 0 Å². The molecule has 0 saturated carbocycles. The van der Waals surface area contributed by atoms with Gasteiger partial charge in [-0.05, 0) is 41.5 Å². The summed E-state index contributed by atoms with van der Waals surface area (Å²) < 4.78 is 9.17. The standard InChI is InChI=1S/C50H31N3O/c1-3-14-33(15-4-1)42-31-43(52-50(51-42)35-16-5-2-6-17-35)34-28-26-32(27-29-34)36-22-13-25-47-48(36)41-30-46(39-20-7-8-21-40(39)49(41)54-47)53-44-23-11-9-18-37(44)38-19-10-12-24-45(38)53/h1-31H. The monoisotopic (exact) mass is 689 g/mol. The van der Waals surface area contributed by atoms with Crippen molar-refractivity contribution in [3.8, 4) is 50.7 Å². The van der Waals surface area contributed by atoms with E-state index in [0.29, 0.717) is 5.82 Å². The average Bonchev–Trinajstić information content (AvgIpc) is 3.80. The van der Waals surface area contributed by atoms with Crippen molar-refractivity contribution >= 4 is 54.5 Å². The third-order valence-corrected chi connectivity index (χ3v) is 10.6. The van der Waals surface area contributed by atoms with Crippen LogP contribution in [0.15, 0.2) is 192 Å². The summed E-state index contributed by atoms with van der Waals surface area (Å²) in [5, 5.41) is 6.92. The predicted octanol–water partition coefficient (Wildman–Crippen LogP) is 13.3. The van der Waals surface area contributed by atoms with Crippen LogP contribution in [0.3, 0.4) is 0 Å². The van der Waals surface area contributed by atoms with Gasteiger partial charge in [-0.15, -0.1) is 0 Å². The van der Waals surface area contributed by atoms with Gasteiger partial charge in [-0.1, -0.05) is 158 Å². The maximum atomic E-state index is 6.75. The second kappa shape index (κ2) is 12.1. The van der Waals surface area contributed by atoms with E-state index in [4.69, 9.17) is 14.4 Å². The molecule has 0 saturated heterocycles. The summed E-state index contributed by atoms with van der Waals surface area (Å²) in [4.78, 5) is 10.0. The number of hydrogen-bond donors (Lipinski definition) is 0. The summed E-state index contributed by atoms with van der Waals surface area (Å²) in [6.45, 7) is 0. The largest absolute Gasteiger partial charge is 0.455 e. The van der Waals surface area contributed by atoms with Crippen LogP contribution in [0.5, 0.6) is 0 Å². The van der Waals surface area contributed by atoms with Crippen LogP contribution in [0, 0.1) is 0 Å². The molecule has 0 atom stereocenters. The first-order chi connectivity index (χ1) is 26.8. The summed E-state index contributed by atoms with van der Waals surface area (Å²) in [7, 11) is 0. The lowest BCUT2D eigenvalue weighted by Gasteiger charge is -2.13. The highest BCUT2D eigenvalue weighted by Crippen LogP contribution is 2.43. The van der Waals surface area contributed by atoms with Gasteiger partial charge in [-0.3, -0.25) is 0 Å². The van der Waals surface area contributed by atoms with Gasteiger partial charge < -0.3 is 8.98 Å². The molecule has 54 heavy (non-hydrogen) atoms. The van der Waals surface area contributed by atoms with Crippen molar-refractivity contribution < 1.29 is 4.42 Å². The van der Waals surface area contributed by atoms with E-state index in [1.807, 2.05) is 36.4 Å².